The van der Waals surface area contributed by atoms with Crippen molar-refractivity contribution in [1.29, 1.82) is 0 Å². The maximum Gasteiger partial charge on any atom is 0.258 e. The number of hydrogen-bond donors (Lipinski definition) is 0. The van der Waals surface area contributed by atoms with Crippen molar-refractivity contribution in [1.82, 2.24) is 4.90 Å². The van der Waals surface area contributed by atoms with Gasteiger partial charge in [-0.25, -0.2) is 14.7 Å². The Kier molecular flexibility index (Phi) is 8.25. The normalized spacial score (nSPS) is 19.4. The van der Waals surface area contributed by atoms with Gasteiger partial charge in [0.1, 0.15) is 0 Å². The van der Waals surface area contributed by atoms with Gasteiger partial charge >= 0.3 is 0 Å². The fraction of sp³-hybridized carbons (Fsp3) is 0.176. The van der Waals surface area contributed by atoms with E-state index >= 15 is 0 Å². The van der Waals surface area contributed by atoms with Crippen LogP contribution in [0.25, 0.3) is 0 Å². The van der Waals surface area contributed by atoms with Crippen LogP contribution >= 0.6 is 0 Å². The number of allylic oxidation sites excluding steroid dienone is 4. The molecule has 1 aliphatic carbocycles. The van der Waals surface area contributed by atoms with E-state index in [-0.39, 0.29) is 41.4 Å². The number of anilines is 2. The largest absolute Gasteiger partial charge is 0.269 e. The van der Waals surface area contributed by atoms with Crippen molar-refractivity contribution in [2.24, 2.45) is 5.92 Å². The number of hydrogen-bond acceptors (Lipinski definition) is 6. The first-order valence-electron chi connectivity index (χ1n) is 13.9. The van der Waals surface area contributed by atoms with Crippen molar-refractivity contribution in [3.63, 3.8) is 0 Å². The molecule has 0 N–H and O–H groups in total. The zero-order valence-corrected chi connectivity index (χ0v) is 23.7. The number of carbonyl (C=O) groups excluding carboxylic acids is 6. The van der Waals surface area contributed by atoms with Crippen LogP contribution in [0, 0.1) is 5.92 Å². The predicted octanol–water partition coefficient (Wildman–Crippen LogP) is 4.11. The van der Waals surface area contributed by atoms with Gasteiger partial charge in [-0.2, -0.15) is 0 Å². The quantitative estimate of drug-likeness (QED) is 0.480. The smallest absolute Gasteiger partial charge is 0.258 e. The minimum atomic E-state index is -0.334. The van der Waals surface area contributed by atoms with Crippen LogP contribution in [0.4, 0.5) is 11.4 Å². The number of amides is 6. The molecule has 43 heavy (non-hydrogen) atoms. The third kappa shape index (κ3) is 6.11. The highest BCUT2D eigenvalue weighted by atomic mass is 16.2. The highest BCUT2D eigenvalue weighted by molar-refractivity contribution is 6.28. The summed E-state index contributed by atoms with van der Waals surface area (Å²) in [5, 5.41) is 0. The zero-order chi connectivity index (χ0) is 30.7. The lowest BCUT2D eigenvalue weighted by molar-refractivity contribution is -0.134. The number of rotatable bonds is 6. The minimum absolute atomic E-state index is 0.187. The van der Waals surface area contributed by atoms with Gasteiger partial charge in [-0.15, -0.1) is 0 Å². The first-order chi connectivity index (χ1) is 20.7. The van der Waals surface area contributed by atoms with E-state index in [0.717, 1.165) is 16.9 Å². The van der Waals surface area contributed by atoms with Gasteiger partial charge < -0.3 is 0 Å². The molecular formula is C34H29N3O6. The van der Waals surface area contributed by atoms with E-state index in [2.05, 4.69) is 13.8 Å². The molecule has 2 aromatic rings. The van der Waals surface area contributed by atoms with E-state index in [1.807, 2.05) is 36.4 Å². The third-order valence-electron chi connectivity index (χ3n) is 7.56. The van der Waals surface area contributed by atoms with Gasteiger partial charge in [0, 0.05) is 42.2 Å². The summed E-state index contributed by atoms with van der Waals surface area (Å²) in [5.74, 6) is -1.62. The Morgan fingerprint density at radius 2 is 0.953 bits per heavy atom. The average Bonchev–Trinajstić information content (AvgIpc) is 3.65. The van der Waals surface area contributed by atoms with Crippen molar-refractivity contribution < 1.29 is 28.8 Å². The summed E-state index contributed by atoms with van der Waals surface area (Å²) in [6, 6.07) is 14.8. The average molecular weight is 576 g/mol. The molecular weight excluding hydrogens is 546 g/mol. The minimum Gasteiger partial charge on any atom is -0.269 e. The number of nitrogens with zero attached hydrogens (tertiary/aromatic N) is 3. The van der Waals surface area contributed by atoms with Gasteiger partial charge in [0.25, 0.3) is 35.4 Å². The standard InChI is InChI=1S/C22H18N2O4.C12H11NO2/c1-14-12-18(24-21(27)10-11-22(24)28)7-4-16(14)13-15-2-5-17(6-3-15)23-19(25)8-9-20(23)26;1-2-9-3-5-10(6-4-9)13-11(14)7-8-12(13)15/h2-11,14H,12-13H2,1H3;3-8H,2H2,1H3. The van der Waals surface area contributed by atoms with Crippen molar-refractivity contribution in [2.45, 2.75) is 33.1 Å². The second kappa shape index (κ2) is 12.2. The molecule has 9 nitrogen and oxygen atoms in total. The molecule has 3 aliphatic heterocycles. The maximum atomic E-state index is 11.9. The second-order valence-corrected chi connectivity index (χ2v) is 10.4. The number of imide groups is 3. The fourth-order valence-electron chi connectivity index (χ4n) is 5.15. The van der Waals surface area contributed by atoms with Crippen molar-refractivity contribution in [2.75, 3.05) is 9.80 Å². The Morgan fingerprint density at radius 3 is 1.35 bits per heavy atom. The van der Waals surface area contributed by atoms with Crippen LogP contribution in [0.1, 0.15) is 31.4 Å². The Bertz CT molecular complexity index is 1620. The molecule has 0 bridgehead atoms. The van der Waals surface area contributed by atoms with Crippen LogP contribution in [-0.2, 0) is 41.6 Å². The van der Waals surface area contributed by atoms with Gasteiger partial charge in [-0.05, 0) is 66.6 Å². The SMILES string of the molecule is CC1CC(N2C(=O)C=CC2=O)=CC=C1Cc1ccc(N2C(=O)C=CC2=O)cc1.CCc1ccc(N2C(=O)C=CC2=O)cc1. The van der Waals surface area contributed by atoms with Crippen LogP contribution in [-0.4, -0.2) is 40.3 Å². The van der Waals surface area contributed by atoms with Gasteiger partial charge in [0.2, 0.25) is 0 Å². The number of carbonyl (C=O) groups is 6. The molecule has 3 heterocycles. The van der Waals surface area contributed by atoms with Crippen LogP contribution < -0.4 is 9.80 Å². The number of benzene rings is 2. The van der Waals surface area contributed by atoms with E-state index in [4.69, 9.17) is 0 Å². The van der Waals surface area contributed by atoms with Crippen molar-refractivity contribution in [3.8, 4) is 0 Å². The summed E-state index contributed by atoms with van der Waals surface area (Å²) >= 11 is 0. The Labute approximate surface area is 248 Å². The van der Waals surface area contributed by atoms with Gasteiger partial charge in [0.15, 0.2) is 0 Å². The Balaban J connectivity index is 0.000000207. The topological polar surface area (TPSA) is 112 Å². The van der Waals surface area contributed by atoms with Gasteiger partial charge in [-0.3, -0.25) is 28.8 Å². The van der Waals surface area contributed by atoms with Crippen LogP contribution in [0.5, 0.6) is 0 Å². The maximum absolute atomic E-state index is 11.9. The summed E-state index contributed by atoms with van der Waals surface area (Å²) < 4.78 is 0. The molecule has 0 saturated heterocycles. The van der Waals surface area contributed by atoms with Crippen LogP contribution in [0.15, 0.2) is 108 Å². The molecule has 0 fully saturated rings. The molecule has 1 atom stereocenters. The second-order valence-electron chi connectivity index (χ2n) is 10.4. The molecule has 6 amide bonds. The monoisotopic (exact) mass is 575 g/mol. The molecule has 6 rings (SSSR count). The number of aryl methyl sites for hydroxylation is 1. The first-order valence-corrected chi connectivity index (χ1v) is 13.9. The molecule has 0 spiro atoms. The summed E-state index contributed by atoms with van der Waals surface area (Å²) in [6.07, 6.45) is 13.8. The third-order valence-corrected chi connectivity index (χ3v) is 7.56. The highest BCUT2D eigenvalue weighted by Crippen LogP contribution is 2.31. The lowest BCUT2D eigenvalue weighted by Gasteiger charge is -2.26. The summed E-state index contributed by atoms with van der Waals surface area (Å²) in [7, 11) is 0. The van der Waals surface area contributed by atoms with E-state index < -0.39 is 0 Å². The lowest BCUT2D eigenvalue weighted by Crippen LogP contribution is -2.31. The molecule has 9 heteroatoms. The summed E-state index contributed by atoms with van der Waals surface area (Å²) in [4.78, 5) is 73.5. The van der Waals surface area contributed by atoms with E-state index in [0.29, 0.717) is 29.9 Å². The molecule has 1 unspecified atom stereocenters. The van der Waals surface area contributed by atoms with E-state index in [1.165, 1.54) is 57.4 Å². The Hall–Kier alpha value is -5.44. The first kappa shape index (κ1) is 29.1. The molecule has 2 aromatic carbocycles. The molecule has 0 radical (unpaired) electrons. The highest BCUT2D eigenvalue weighted by Gasteiger charge is 2.30. The summed E-state index contributed by atoms with van der Waals surface area (Å²) in [6.45, 7) is 4.13. The molecule has 0 aromatic heterocycles. The van der Waals surface area contributed by atoms with Crippen molar-refractivity contribution in [3.05, 3.63) is 120 Å². The zero-order valence-electron chi connectivity index (χ0n) is 23.7. The van der Waals surface area contributed by atoms with Crippen molar-refractivity contribution >= 4 is 46.8 Å². The lowest BCUT2D eigenvalue weighted by atomic mass is 9.87. The van der Waals surface area contributed by atoms with Crippen LogP contribution in [0.2, 0.25) is 0 Å². The van der Waals surface area contributed by atoms with Gasteiger partial charge in [0.05, 0.1) is 11.4 Å². The predicted molar refractivity (Wildman–Crippen MR) is 160 cm³/mol. The molecule has 4 aliphatic rings. The Morgan fingerprint density at radius 1 is 0.558 bits per heavy atom. The fourth-order valence-corrected chi connectivity index (χ4v) is 5.15. The van der Waals surface area contributed by atoms with E-state index in [1.54, 1.807) is 24.3 Å². The molecule has 0 saturated carbocycles. The molecule has 216 valence electrons. The summed E-state index contributed by atoms with van der Waals surface area (Å²) in [5.41, 5.74) is 5.33. The van der Waals surface area contributed by atoms with E-state index in [9.17, 15) is 28.8 Å². The van der Waals surface area contributed by atoms with Crippen LogP contribution in [0.3, 0.4) is 0 Å². The van der Waals surface area contributed by atoms with Gasteiger partial charge in [-0.1, -0.05) is 49.8 Å².